The number of anilines is 1. The Kier molecular flexibility index (Phi) is 5.54. The molecule has 1 N–H and O–H groups in total. The van der Waals surface area contributed by atoms with Gasteiger partial charge in [-0.3, -0.25) is 14.5 Å². The van der Waals surface area contributed by atoms with Crippen molar-refractivity contribution in [3.05, 3.63) is 23.8 Å². The highest BCUT2D eigenvalue weighted by Gasteiger charge is 2.35. The number of ether oxygens (including phenoxy) is 1. The van der Waals surface area contributed by atoms with Gasteiger partial charge in [0.05, 0.1) is 5.69 Å². The van der Waals surface area contributed by atoms with Gasteiger partial charge in [0.2, 0.25) is 5.91 Å². The number of nitrogens with zero attached hydrogens (tertiary/aromatic N) is 1. The molecule has 1 aromatic rings. The minimum Gasteiger partial charge on any atom is -0.478 e. The summed E-state index contributed by atoms with van der Waals surface area (Å²) in [5.74, 6) is 1.53. The van der Waals surface area contributed by atoms with E-state index in [1.807, 2.05) is 32.0 Å². The number of carbonyl (C=O) groups is 2. The Morgan fingerprint density at radius 3 is 2.81 bits per heavy atom. The number of amides is 2. The van der Waals surface area contributed by atoms with Crippen LogP contribution in [0.1, 0.15) is 52.0 Å². The number of hydrogen-bond donors (Lipinski definition) is 1. The van der Waals surface area contributed by atoms with E-state index in [0.717, 1.165) is 18.4 Å². The lowest BCUT2D eigenvalue weighted by Gasteiger charge is -2.36. The summed E-state index contributed by atoms with van der Waals surface area (Å²) >= 11 is 0. The molecule has 142 valence electrons. The van der Waals surface area contributed by atoms with E-state index >= 15 is 0 Å². The Bertz CT molecular complexity index is 688. The van der Waals surface area contributed by atoms with E-state index in [9.17, 15) is 9.59 Å². The average molecular weight is 358 g/mol. The number of benzene rings is 1. The first-order valence-corrected chi connectivity index (χ1v) is 9.78. The third kappa shape index (κ3) is 3.71. The van der Waals surface area contributed by atoms with Crippen LogP contribution in [0.2, 0.25) is 0 Å². The highest BCUT2D eigenvalue weighted by Crippen LogP contribution is 2.35. The van der Waals surface area contributed by atoms with Crippen LogP contribution >= 0.6 is 0 Å². The molecular weight excluding hydrogens is 328 g/mol. The zero-order valence-corrected chi connectivity index (χ0v) is 16.2. The van der Waals surface area contributed by atoms with Gasteiger partial charge in [0.25, 0.3) is 5.91 Å². The second-order valence-corrected chi connectivity index (χ2v) is 7.85. The topological polar surface area (TPSA) is 58.6 Å². The molecule has 4 atom stereocenters. The minimum atomic E-state index is -0.522. The predicted octanol–water partition coefficient (Wildman–Crippen LogP) is 3.44. The molecule has 0 bridgehead atoms. The second-order valence-electron chi connectivity index (χ2n) is 7.85. The van der Waals surface area contributed by atoms with Crippen molar-refractivity contribution in [1.82, 2.24) is 5.32 Å². The Labute approximate surface area is 156 Å². The molecule has 0 aromatic heterocycles. The monoisotopic (exact) mass is 358 g/mol. The van der Waals surface area contributed by atoms with Gasteiger partial charge < -0.3 is 10.1 Å². The van der Waals surface area contributed by atoms with Crippen molar-refractivity contribution < 1.29 is 14.3 Å². The van der Waals surface area contributed by atoms with Crippen molar-refractivity contribution in [3.8, 4) is 5.75 Å². The van der Waals surface area contributed by atoms with E-state index in [4.69, 9.17) is 4.74 Å². The van der Waals surface area contributed by atoms with Crippen LogP contribution in [0.3, 0.4) is 0 Å². The van der Waals surface area contributed by atoms with Gasteiger partial charge in [0, 0.05) is 6.04 Å². The largest absolute Gasteiger partial charge is 0.478 e. The van der Waals surface area contributed by atoms with Gasteiger partial charge in [-0.1, -0.05) is 39.7 Å². The maximum atomic E-state index is 12.8. The molecular formula is C21H30N2O3. The number of aryl methyl sites for hydroxylation is 1. The zero-order chi connectivity index (χ0) is 18.8. The zero-order valence-electron chi connectivity index (χ0n) is 16.2. The maximum absolute atomic E-state index is 12.8. The summed E-state index contributed by atoms with van der Waals surface area (Å²) in [4.78, 5) is 27.1. The minimum absolute atomic E-state index is 0.0484. The molecule has 1 aliphatic carbocycles. The van der Waals surface area contributed by atoms with Crippen LogP contribution in [0.25, 0.3) is 0 Å². The normalized spacial score (nSPS) is 28.3. The Balaban J connectivity index is 1.76. The van der Waals surface area contributed by atoms with Crippen LogP contribution in [0.4, 0.5) is 5.69 Å². The molecule has 5 heteroatoms. The maximum Gasteiger partial charge on any atom is 0.268 e. The summed E-state index contributed by atoms with van der Waals surface area (Å²) in [5, 5.41) is 3.17. The Morgan fingerprint density at radius 1 is 1.31 bits per heavy atom. The molecule has 1 fully saturated rings. The summed E-state index contributed by atoms with van der Waals surface area (Å²) in [6.45, 7) is 8.40. The SMILES string of the molecule is CCC1Oc2ccc(C)cc2N(CC(=O)NC2CCCC(C)C2C)C1=O. The predicted molar refractivity (Wildman–Crippen MR) is 102 cm³/mol. The van der Waals surface area contributed by atoms with Crippen molar-refractivity contribution in [2.75, 3.05) is 11.4 Å². The van der Waals surface area contributed by atoms with Gasteiger partial charge >= 0.3 is 0 Å². The smallest absolute Gasteiger partial charge is 0.268 e. The van der Waals surface area contributed by atoms with Crippen molar-refractivity contribution in [2.45, 2.75) is 65.5 Å². The quantitative estimate of drug-likeness (QED) is 0.897. The van der Waals surface area contributed by atoms with Gasteiger partial charge in [-0.15, -0.1) is 0 Å². The number of nitrogens with one attached hydrogen (secondary N) is 1. The van der Waals surface area contributed by atoms with E-state index in [-0.39, 0.29) is 24.4 Å². The van der Waals surface area contributed by atoms with E-state index in [0.29, 0.717) is 29.7 Å². The lowest BCUT2D eigenvalue weighted by molar-refractivity contribution is -0.129. The average Bonchev–Trinajstić information content (AvgIpc) is 2.61. The van der Waals surface area contributed by atoms with Crippen molar-refractivity contribution in [3.63, 3.8) is 0 Å². The fourth-order valence-electron chi connectivity index (χ4n) is 4.04. The van der Waals surface area contributed by atoms with Crippen molar-refractivity contribution in [2.24, 2.45) is 11.8 Å². The first-order chi connectivity index (χ1) is 12.4. The molecule has 0 spiro atoms. The molecule has 0 saturated heterocycles. The summed E-state index contributed by atoms with van der Waals surface area (Å²) < 4.78 is 5.82. The molecule has 26 heavy (non-hydrogen) atoms. The highest BCUT2D eigenvalue weighted by atomic mass is 16.5. The van der Waals surface area contributed by atoms with Crippen molar-refractivity contribution >= 4 is 17.5 Å². The molecule has 1 heterocycles. The number of hydrogen-bond acceptors (Lipinski definition) is 3. The van der Waals surface area contributed by atoms with Crippen LogP contribution < -0.4 is 15.0 Å². The Hall–Kier alpha value is -2.04. The molecule has 5 nitrogen and oxygen atoms in total. The first-order valence-electron chi connectivity index (χ1n) is 9.78. The van der Waals surface area contributed by atoms with Crippen LogP contribution in [0, 0.1) is 18.8 Å². The van der Waals surface area contributed by atoms with E-state index < -0.39 is 6.10 Å². The van der Waals surface area contributed by atoms with Gasteiger partial charge in [-0.05, 0) is 49.3 Å². The molecule has 4 unspecified atom stereocenters. The van der Waals surface area contributed by atoms with E-state index in [2.05, 4.69) is 19.2 Å². The standard InChI is InChI=1S/C21H30N2O3/c1-5-18-21(25)23(17-11-13(2)9-10-19(17)26-18)12-20(24)22-16-8-6-7-14(3)15(16)4/h9-11,14-16,18H,5-8,12H2,1-4H3,(H,22,24). The molecule has 2 amide bonds. The van der Waals surface area contributed by atoms with Gasteiger partial charge in [0.1, 0.15) is 12.3 Å². The third-order valence-electron chi connectivity index (χ3n) is 5.94. The van der Waals surface area contributed by atoms with Crippen LogP contribution in [0.15, 0.2) is 18.2 Å². The number of rotatable bonds is 4. The van der Waals surface area contributed by atoms with Gasteiger partial charge in [-0.25, -0.2) is 0 Å². The lowest BCUT2D eigenvalue weighted by Crippen LogP contribution is -2.52. The van der Waals surface area contributed by atoms with E-state index in [1.54, 1.807) is 4.90 Å². The van der Waals surface area contributed by atoms with Crippen molar-refractivity contribution in [1.29, 1.82) is 0 Å². The lowest BCUT2D eigenvalue weighted by atomic mass is 9.78. The molecule has 1 aliphatic heterocycles. The van der Waals surface area contributed by atoms with Gasteiger partial charge in [-0.2, -0.15) is 0 Å². The van der Waals surface area contributed by atoms with Gasteiger partial charge in [0.15, 0.2) is 6.10 Å². The summed E-state index contributed by atoms with van der Waals surface area (Å²) in [6.07, 6.45) is 3.45. The Morgan fingerprint density at radius 2 is 2.08 bits per heavy atom. The molecule has 1 saturated carbocycles. The number of carbonyl (C=O) groups excluding carboxylic acids is 2. The fraction of sp³-hybridized carbons (Fsp3) is 0.619. The van der Waals surface area contributed by atoms with Crippen LogP contribution in [-0.4, -0.2) is 30.5 Å². The molecule has 0 radical (unpaired) electrons. The fourth-order valence-corrected chi connectivity index (χ4v) is 4.04. The molecule has 3 rings (SSSR count). The molecule has 2 aliphatic rings. The third-order valence-corrected chi connectivity index (χ3v) is 5.94. The number of fused-ring (bicyclic) bond motifs is 1. The van der Waals surface area contributed by atoms with Crippen LogP contribution in [-0.2, 0) is 9.59 Å². The summed E-state index contributed by atoms with van der Waals surface area (Å²) in [6, 6.07) is 5.96. The van der Waals surface area contributed by atoms with Crippen LogP contribution in [0.5, 0.6) is 5.75 Å². The first kappa shape index (κ1) is 18.7. The molecule has 1 aromatic carbocycles. The highest BCUT2D eigenvalue weighted by molar-refractivity contribution is 6.03. The summed E-state index contributed by atoms with van der Waals surface area (Å²) in [7, 11) is 0. The summed E-state index contributed by atoms with van der Waals surface area (Å²) in [5.41, 5.74) is 1.73. The van der Waals surface area contributed by atoms with E-state index in [1.165, 1.54) is 6.42 Å². The second kappa shape index (κ2) is 7.68.